The molecule has 0 saturated heterocycles. The predicted octanol–water partition coefficient (Wildman–Crippen LogP) is 3.15. The van der Waals surface area contributed by atoms with Gasteiger partial charge in [0.25, 0.3) is 0 Å². The first-order chi connectivity index (χ1) is 10.2. The number of carbonyl (C=O) groups is 1. The maximum Gasteiger partial charge on any atom is 0.337 e. The van der Waals surface area contributed by atoms with E-state index in [1.54, 1.807) is 42.6 Å². The molecule has 2 aromatic heterocycles. The van der Waals surface area contributed by atoms with Crippen LogP contribution in [0.2, 0.25) is 0 Å². The molecular weight excluding hydrogens is 268 g/mol. The Kier molecular flexibility index (Phi) is 3.13. The van der Waals surface area contributed by atoms with Crippen LogP contribution >= 0.6 is 0 Å². The molecule has 0 fully saturated rings. The summed E-state index contributed by atoms with van der Waals surface area (Å²) in [6.45, 7) is 0. The number of nitrogens with zero attached hydrogens (tertiary/aromatic N) is 2. The third-order valence-corrected chi connectivity index (χ3v) is 3.14. The van der Waals surface area contributed by atoms with Gasteiger partial charge in [-0.2, -0.15) is 5.26 Å². The number of hydrogen-bond acceptors (Lipinski definition) is 5. The number of pyridine rings is 1. The van der Waals surface area contributed by atoms with Gasteiger partial charge in [-0.15, -0.1) is 0 Å². The lowest BCUT2D eigenvalue weighted by atomic mass is 10.0. The third-order valence-electron chi connectivity index (χ3n) is 3.14. The Bertz CT molecular complexity index is 857. The number of esters is 1. The van der Waals surface area contributed by atoms with Crippen molar-refractivity contribution in [2.45, 2.75) is 0 Å². The minimum atomic E-state index is -0.405. The molecule has 3 aromatic rings. The largest absolute Gasteiger partial charge is 0.465 e. The van der Waals surface area contributed by atoms with Crippen LogP contribution in [0.5, 0.6) is 0 Å². The van der Waals surface area contributed by atoms with Crippen molar-refractivity contribution < 1.29 is 13.9 Å². The van der Waals surface area contributed by atoms with Crippen molar-refractivity contribution in [3.8, 4) is 17.2 Å². The molecular formula is C16H10N2O3. The molecule has 0 atom stereocenters. The summed E-state index contributed by atoms with van der Waals surface area (Å²) in [5.74, 6) is -0.202. The van der Waals surface area contributed by atoms with E-state index in [4.69, 9.17) is 4.42 Å². The zero-order chi connectivity index (χ0) is 14.8. The first kappa shape index (κ1) is 12.9. The molecule has 0 saturated carbocycles. The summed E-state index contributed by atoms with van der Waals surface area (Å²) in [4.78, 5) is 15.7. The molecule has 1 aromatic carbocycles. The van der Waals surface area contributed by atoms with Crippen molar-refractivity contribution in [2.24, 2.45) is 0 Å². The second-order valence-electron chi connectivity index (χ2n) is 4.34. The molecule has 102 valence electrons. The van der Waals surface area contributed by atoms with Crippen molar-refractivity contribution >= 4 is 17.1 Å². The summed E-state index contributed by atoms with van der Waals surface area (Å²) in [6.07, 6.45) is 1.64. The fraction of sp³-hybridized carbons (Fsp3) is 0.0625. The van der Waals surface area contributed by atoms with Crippen molar-refractivity contribution in [1.29, 1.82) is 5.26 Å². The molecule has 0 unspecified atom stereocenters. The molecule has 0 aliphatic rings. The van der Waals surface area contributed by atoms with E-state index in [2.05, 4.69) is 9.72 Å². The second kappa shape index (κ2) is 5.10. The zero-order valence-electron chi connectivity index (χ0n) is 11.2. The molecule has 21 heavy (non-hydrogen) atoms. The van der Waals surface area contributed by atoms with Crippen molar-refractivity contribution in [3.63, 3.8) is 0 Å². The van der Waals surface area contributed by atoms with Crippen molar-refractivity contribution in [1.82, 2.24) is 4.98 Å². The molecule has 5 heteroatoms. The molecule has 0 bridgehead atoms. The monoisotopic (exact) mass is 278 g/mol. The fourth-order valence-electron chi connectivity index (χ4n) is 2.17. The molecule has 0 radical (unpaired) electrons. The van der Waals surface area contributed by atoms with Gasteiger partial charge in [0, 0.05) is 6.20 Å². The molecule has 2 heterocycles. The molecule has 3 rings (SSSR count). The summed E-state index contributed by atoms with van der Waals surface area (Å²) in [7, 11) is 1.33. The van der Waals surface area contributed by atoms with Crippen LogP contribution in [0, 0.1) is 11.3 Å². The second-order valence-corrected chi connectivity index (χ2v) is 4.34. The number of aromatic nitrogens is 1. The fourth-order valence-corrected chi connectivity index (χ4v) is 2.17. The number of ether oxygens (including phenoxy) is 1. The standard InChI is InChI=1S/C16H10N2O3/c1-20-16(19)11-6-4-10(5-7-11)14-13(9-17)21-12-3-2-8-18-15(12)14/h2-8H,1H3. The minimum Gasteiger partial charge on any atom is -0.465 e. The Morgan fingerprint density at radius 2 is 2.05 bits per heavy atom. The van der Waals surface area contributed by atoms with Crippen LogP contribution in [0.25, 0.3) is 22.2 Å². The van der Waals surface area contributed by atoms with E-state index in [1.165, 1.54) is 7.11 Å². The summed E-state index contributed by atoms with van der Waals surface area (Å²) in [5.41, 5.74) is 3.02. The molecule has 0 aliphatic heterocycles. The highest BCUT2D eigenvalue weighted by molar-refractivity contribution is 5.95. The van der Waals surface area contributed by atoms with Gasteiger partial charge in [0.05, 0.1) is 18.2 Å². The number of hydrogen-bond donors (Lipinski definition) is 0. The van der Waals surface area contributed by atoms with Gasteiger partial charge in [-0.25, -0.2) is 4.79 Å². The lowest BCUT2D eigenvalue weighted by molar-refractivity contribution is 0.0601. The van der Waals surface area contributed by atoms with Crippen LogP contribution in [-0.4, -0.2) is 18.1 Å². The number of rotatable bonds is 2. The van der Waals surface area contributed by atoms with Gasteiger partial charge < -0.3 is 9.15 Å². The number of fused-ring (bicyclic) bond motifs is 1. The molecule has 0 N–H and O–H groups in total. The van der Waals surface area contributed by atoms with E-state index in [1.807, 2.05) is 6.07 Å². The van der Waals surface area contributed by atoms with E-state index in [0.29, 0.717) is 22.2 Å². The van der Waals surface area contributed by atoms with Crippen LogP contribution < -0.4 is 0 Å². The first-order valence-electron chi connectivity index (χ1n) is 6.21. The third kappa shape index (κ3) is 2.13. The first-order valence-corrected chi connectivity index (χ1v) is 6.21. The van der Waals surface area contributed by atoms with E-state index in [9.17, 15) is 10.1 Å². The average Bonchev–Trinajstić information content (AvgIpc) is 2.92. The number of nitriles is 1. The summed E-state index contributed by atoms with van der Waals surface area (Å²) >= 11 is 0. The lowest BCUT2D eigenvalue weighted by Crippen LogP contribution is -2.00. The number of furan rings is 1. The quantitative estimate of drug-likeness (QED) is 0.673. The Balaban J connectivity index is 2.16. The SMILES string of the molecule is COC(=O)c1ccc(-c2c(C#N)oc3cccnc23)cc1. The maximum atomic E-state index is 11.4. The molecule has 5 nitrogen and oxygen atoms in total. The van der Waals surface area contributed by atoms with Crippen molar-refractivity contribution in [2.75, 3.05) is 7.11 Å². The predicted molar refractivity (Wildman–Crippen MR) is 75.5 cm³/mol. The summed E-state index contributed by atoms with van der Waals surface area (Å²) < 4.78 is 10.1. The number of carbonyl (C=O) groups excluding carboxylic acids is 1. The topological polar surface area (TPSA) is 76.1 Å². The molecule has 0 spiro atoms. The Morgan fingerprint density at radius 1 is 1.29 bits per heavy atom. The van der Waals surface area contributed by atoms with Gasteiger partial charge in [-0.1, -0.05) is 12.1 Å². The highest BCUT2D eigenvalue weighted by Crippen LogP contribution is 2.33. The van der Waals surface area contributed by atoms with E-state index in [0.717, 1.165) is 5.56 Å². The highest BCUT2D eigenvalue weighted by atomic mass is 16.5. The molecule has 0 amide bonds. The summed E-state index contributed by atoms with van der Waals surface area (Å²) in [5, 5.41) is 9.22. The Morgan fingerprint density at radius 3 is 2.71 bits per heavy atom. The van der Waals surface area contributed by atoms with Crippen LogP contribution in [0.15, 0.2) is 47.0 Å². The van der Waals surface area contributed by atoms with Crippen LogP contribution in [0.3, 0.4) is 0 Å². The minimum absolute atomic E-state index is 0.203. The van der Waals surface area contributed by atoms with Gasteiger partial charge in [-0.05, 0) is 29.8 Å². The van der Waals surface area contributed by atoms with Gasteiger partial charge in [-0.3, -0.25) is 4.98 Å². The zero-order valence-corrected chi connectivity index (χ0v) is 11.2. The van der Waals surface area contributed by atoms with E-state index >= 15 is 0 Å². The number of benzene rings is 1. The summed E-state index contributed by atoms with van der Waals surface area (Å²) in [6, 6.07) is 12.3. The van der Waals surface area contributed by atoms with Crippen LogP contribution in [0.1, 0.15) is 16.1 Å². The average molecular weight is 278 g/mol. The van der Waals surface area contributed by atoms with Gasteiger partial charge in [0.15, 0.2) is 5.58 Å². The van der Waals surface area contributed by atoms with E-state index < -0.39 is 5.97 Å². The van der Waals surface area contributed by atoms with E-state index in [-0.39, 0.29) is 5.76 Å². The van der Waals surface area contributed by atoms with Crippen LogP contribution in [0.4, 0.5) is 0 Å². The molecule has 0 aliphatic carbocycles. The van der Waals surface area contributed by atoms with Crippen LogP contribution in [-0.2, 0) is 4.74 Å². The lowest BCUT2D eigenvalue weighted by Gasteiger charge is -2.02. The normalized spacial score (nSPS) is 10.3. The maximum absolute atomic E-state index is 11.4. The van der Waals surface area contributed by atoms with Gasteiger partial charge in [0.2, 0.25) is 5.76 Å². The smallest absolute Gasteiger partial charge is 0.337 e. The number of methoxy groups -OCH3 is 1. The van der Waals surface area contributed by atoms with Crippen molar-refractivity contribution in [3.05, 3.63) is 53.9 Å². The Hall–Kier alpha value is -3.13. The van der Waals surface area contributed by atoms with Gasteiger partial charge in [0.1, 0.15) is 11.6 Å². The van der Waals surface area contributed by atoms with Gasteiger partial charge >= 0.3 is 5.97 Å². The highest BCUT2D eigenvalue weighted by Gasteiger charge is 2.17. The Labute approximate surface area is 120 Å².